The Balaban J connectivity index is 2.28. The van der Waals surface area contributed by atoms with E-state index in [1.807, 2.05) is 19.9 Å². The molecule has 1 aromatic carbocycles. The summed E-state index contributed by atoms with van der Waals surface area (Å²) in [6.07, 6.45) is 0. The normalized spacial score (nSPS) is 18.2. The Bertz CT molecular complexity index is 474. The third-order valence-corrected chi connectivity index (χ3v) is 3.69. The summed E-state index contributed by atoms with van der Waals surface area (Å²) in [7, 11) is 0. The van der Waals surface area contributed by atoms with Gasteiger partial charge in [-0.2, -0.15) is 0 Å². The summed E-state index contributed by atoms with van der Waals surface area (Å²) in [6, 6.07) is 5.37. The van der Waals surface area contributed by atoms with Crippen LogP contribution in [0.1, 0.15) is 24.2 Å². The molecule has 90 valence electrons. The summed E-state index contributed by atoms with van der Waals surface area (Å²) in [5.41, 5.74) is 1.29. The first-order chi connectivity index (χ1) is 8.11. The molecule has 2 amide bonds. The molecule has 0 saturated carbocycles. The van der Waals surface area contributed by atoms with Gasteiger partial charge < -0.3 is 10.6 Å². The number of rotatable bonds is 2. The molecule has 4 nitrogen and oxygen atoms in total. The van der Waals surface area contributed by atoms with Crippen LogP contribution in [0, 0.1) is 0 Å². The summed E-state index contributed by atoms with van der Waals surface area (Å²) in [4.78, 5) is 24.2. The lowest BCUT2D eigenvalue weighted by Crippen LogP contribution is -2.27. The van der Waals surface area contributed by atoms with Crippen LogP contribution < -0.4 is 10.6 Å². The molecule has 1 unspecified atom stereocenters. The lowest BCUT2D eigenvalue weighted by molar-refractivity contribution is -0.115. The van der Waals surface area contributed by atoms with E-state index in [9.17, 15) is 9.59 Å². The zero-order chi connectivity index (χ0) is 12.4. The van der Waals surface area contributed by atoms with Crippen LogP contribution in [0.2, 0.25) is 0 Å². The fourth-order valence-corrected chi connectivity index (χ4v) is 2.54. The van der Waals surface area contributed by atoms with Gasteiger partial charge in [0.1, 0.15) is 0 Å². The van der Waals surface area contributed by atoms with E-state index < -0.39 is 0 Å². The Morgan fingerprint density at radius 3 is 3.00 bits per heavy atom. The monoisotopic (exact) mass is 250 g/mol. The van der Waals surface area contributed by atoms with E-state index in [0.29, 0.717) is 12.1 Å². The van der Waals surface area contributed by atoms with Crippen molar-refractivity contribution in [2.24, 2.45) is 0 Å². The first-order valence-corrected chi connectivity index (χ1v) is 6.39. The summed E-state index contributed by atoms with van der Waals surface area (Å²) in [5, 5.41) is 5.45. The smallest absolute Gasteiger partial charge is 0.251 e. The number of thioether (sulfide) groups is 1. The maximum absolute atomic E-state index is 11.6. The van der Waals surface area contributed by atoms with Crippen molar-refractivity contribution < 1.29 is 9.59 Å². The number of benzene rings is 1. The third kappa shape index (κ3) is 2.44. The molecule has 1 aliphatic heterocycles. The minimum absolute atomic E-state index is 0.0180. The van der Waals surface area contributed by atoms with E-state index in [4.69, 9.17) is 0 Å². The molecule has 0 bridgehead atoms. The average molecular weight is 250 g/mol. The number of hydrogen-bond donors (Lipinski definition) is 2. The molecule has 0 radical (unpaired) electrons. The van der Waals surface area contributed by atoms with Gasteiger partial charge in [0, 0.05) is 17.0 Å². The number of carbonyl (C=O) groups excluding carboxylic acids is 2. The molecule has 0 spiro atoms. The molecule has 2 rings (SSSR count). The van der Waals surface area contributed by atoms with Crippen LogP contribution >= 0.6 is 11.8 Å². The van der Waals surface area contributed by atoms with Crippen LogP contribution in [0.5, 0.6) is 0 Å². The fraction of sp³-hybridized carbons (Fsp3) is 0.333. The van der Waals surface area contributed by atoms with Gasteiger partial charge in [0.25, 0.3) is 5.91 Å². The van der Waals surface area contributed by atoms with Crippen molar-refractivity contribution in [1.29, 1.82) is 0 Å². The maximum Gasteiger partial charge on any atom is 0.251 e. The number of amides is 2. The van der Waals surface area contributed by atoms with Gasteiger partial charge >= 0.3 is 0 Å². The van der Waals surface area contributed by atoms with E-state index >= 15 is 0 Å². The van der Waals surface area contributed by atoms with E-state index in [2.05, 4.69) is 10.6 Å². The fourth-order valence-electron chi connectivity index (χ4n) is 1.61. The van der Waals surface area contributed by atoms with Crippen molar-refractivity contribution in [3.8, 4) is 0 Å². The Morgan fingerprint density at radius 2 is 2.29 bits per heavy atom. The minimum atomic E-state index is -0.117. The van der Waals surface area contributed by atoms with Gasteiger partial charge in [0.05, 0.1) is 10.9 Å². The Kier molecular flexibility index (Phi) is 3.38. The predicted molar refractivity (Wildman–Crippen MR) is 68.4 cm³/mol. The molecule has 0 aromatic heterocycles. The molecule has 1 heterocycles. The zero-order valence-electron chi connectivity index (χ0n) is 9.74. The summed E-state index contributed by atoms with van der Waals surface area (Å²) in [5.74, 6) is -0.135. The van der Waals surface area contributed by atoms with Gasteiger partial charge in [-0.15, -0.1) is 11.8 Å². The van der Waals surface area contributed by atoms with Gasteiger partial charge in [-0.1, -0.05) is 0 Å². The van der Waals surface area contributed by atoms with Crippen molar-refractivity contribution in [2.45, 2.75) is 24.0 Å². The van der Waals surface area contributed by atoms with E-state index in [1.165, 1.54) is 11.8 Å². The quantitative estimate of drug-likeness (QED) is 0.842. The standard InChI is InChI=1S/C12H14N2O2S/c1-3-13-12(16)8-4-5-10-9(6-8)14-11(15)7(2)17-10/h4-7H,3H2,1-2H3,(H,13,16)(H,14,15). The van der Waals surface area contributed by atoms with Crippen molar-refractivity contribution in [3.05, 3.63) is 23.8 Å². The number of hydrogen-bond acceptors (Lipinski definition) is 3. The van der Waals surface area contributed by atoms with Gasteiger partial charge in [-0.05, 0) is 32.0 Å². The van der Waals surface area contributed by atoms with E-state index in [-0.39, 0.29) is 17.1 Å². The molecule has 17 heavy (non-hydrogen) atoms. The molecule has 1 aromatic rings. The molecule has 2 N–H and O–H groups in total. The highest BCUT2D eigenvalue weighted by molar-refractivity contribution is 8.00. The summed E-state index contributed by atoms with van der Waals surface area (Å²) >= 11 is 1.51. The number of fused-ring (bicyclic) bond motifs is 1. The second-order valence-electron chi connectivity index (χ2n) is 3.82. The van der Waals surface area contributed by atoms with Gasteiger partial charge in [-0.3, -0.25) is 9.59 Å². The summed E-state index contributed by atoms with van der Waals surface area (Å²) in [6.45, 7) is 4.32. The first kappa shape index (κ1) is 12.0. The Morgan fingerprint density at radius 1 is 1.53 bits per heavy atom. The van der Waals surface area contributed by atoms with Crippen molar-refractivity contribution in [2.75, 3.05) is 11.9 Å². The SMILES string of the molecule is CCNC(=O)c1ccc2c(c1)NC(=O)C(C)S2. The second kappa shape index (κ2) is 4.79. The largest absolute Gasteiger partial charge is 0.352 e. The van der Waals surface area contributed by atoms with E-state index in [1.54, 1.807) is 12.1 Å². The number of nitrogens with one attached hydrogen (secondary N) is 2. The minimum Gasteiger partial charge on any atom is -0.352 e. The molecular formula is C12H14N2O2S. The number of anilines is 1. The lowest BCUT2D eigenvalue weighted by Gasteiger charge is -2.21. The van der Waals surface area contributed by atoms with Gasteiger partial charge in [-0.25, -0.2) is 0 Å². The first-order valence-electron chi connectivity index (χ1n) is 5.51. The van der Waals surface area contributed by atoms with Crippen LogP contribution in [0.25, 0.3) is 0 Å². The molecule has 5 heteroatoms. The summed E-state index contributed by atoms with van der Waals surface area (Å²) < 4.78 is 0. The van der Waals surface area contributed by atoms with Crippen LogP contribution in [0.15, 0.2) is 23.1 Å². The third-order valence-electron chi connectivity index (χ3n) is 2.51. The molecule has 0 aliphatic carbocycles. The molecule has 0 fully saturated rings. The predicted octanol–water partition coefficient (Wildman–Crippen LogP) is 1.87. The Hall–Kier alpha value is -1.49. The van der Waals surface area contributed by atoms with Crippen molar-refractivity contribution in [1.82, 2.24) is 5.32 Å². The highest BCUT2D eigenvalue weighted by Crippen LogP contribution is 2.35. The molecular weight excluding hydrogens is 236 g/mol. The second-order valence-corrected chi connectivity index (χ2v) is 5.20. The lowest BCUT2D eigenvalue weighted by atomic mass is 10.1. The zero-order valence-corrected chi connectivity index (χ0v) is 10.6. The topological polar surface area (TPSA) is 58.2 Å². The Labute approximate surface area is 104 Å². The van der Waals surface area contributed by atoms with Gasteiger partial charge in [0.15, 0.2) is 0 Å². The van der Waals surface area contributed by atoms with Crippen LogP contribution in [0.3, 0.4) is 0 Å². The maximum atomic E-state index is 11.6. The molecule has 0 saturated heterocycles. The van der Waals surface area contributed by atoms with Crippen LogP contribution in [-0.4, -0.2) is 23.6 Å². The number of carbonyl (C=O) groups is 2. The van der Waals surface area contributed by atoms with Crippen LogP contribution in [-0.2, 0) is 4.79 Å². The molecule has 1 aliphatic rings. The van der Waals surface area contributed by atoms with Crippen LogP contribution in [0.4, 0.5) is 5.69 Å². The average Bonchev–Trinajstić information content (AvgIpc) is 2.30. The highest BCUT2D eigenvalue weighted by atomic mass is 32.2. The molecule has 1 atom stereocenters. The van der Waals surface area contributed by atoms with Crippen molar-refractivity contribution in [3.63, 3.8) is 0 Å². The van der Waals surface area contributed by atoms with Gasteiger partial charge in [0.2, 0.25) is 5.91 Å². The highest BCUT2D eigenvalue weighted by Gasteiger charge is 2.23. The van der Waals surface area contributed by atoms with Crippen molar-refractivity contribution >= 4 is 29.3 Å². The van der Waals surface area contributed by atoms with E-state index in [0.717, 1.165) is 10.6 Å².